The summed E-state index contributed by atoms with van der Waals surface area (Å²) in [5, 5.41) is -0.317. The second-order valence-electron chi connectivity index (χ2n) is 5.78. The molecule has 0 spiro atoms. The minimum absolute atomic E-state index is 0.0616. The number of halogens is 3. The van der Waals surface area contributed by atoms with Gasteiger partial charge >= 0.3 is 12.1 Å². The molecule has 0 bridgehead atoms. The second-order valence-corrected chi connectivity index (χ2v) is 5.78. The molecule has 5 nitrogen and oxygen atoms in total. The summed E-state index contributed by atoms with van der Waals surface area (Å²) in [6.45, 7) is 0. The Morgan fingerprint density at radius 1 is 1.00 bits per heavy atom. The molecule has 0 N–H and O–H groups in total. The minimum Gasteiger partial charge on any atom is -0.496 e. The molecule has 8 heteroatoms. The molecule has 0 radical (unpaired) electrons. The largest absolute Gasteiger partial charge is 0.496 e. The zero-order valence-electron chi connectivity index (χ0n) is 14.8. The lowest BCUT2D eigenvalue weighted by Crippen LogP contribution is -2.18. The van der Waals surface area contributed by atoms with E-state index in [1.165, 1.54) is 19.2 Å². The summed E-state index contributed by atoms with van der Waals surface area (Å²) in [4.78, 5) is 28.7. The third-order valence-corrected chi connectivity index (χ3v) is 4.17. The third-order valence-electron chi connectivity index (χ3n) is 4.17. The van der Waals surface area contributed by atoms with Gasteiger partial charge in [-0.05, 0) is 24.3 Å². The number of nitrogens with zero attached hydrogens (tertiary/aromatic N) is 1. The number of benzene rings is 2. The number of alkyl halides is 3. The monoisotopic (exact) mass is 389 g/mol. The number of ether oxygens (including phenoxy) is 2. The Balaban J connectivity index is 2.56. The molecule has 0 aliphatic carbocycles. The van der Waals surface area contributed by atoms with E-state index in [4.69, 9.17) is 4.74 Å². The van der Waals surface area contributed by atoms with Crippen LogP contribution in [0.2, 0.25) is 0 Å². The molecule has 0 aliphatic heterocycles. The predicted molar refractivity (Wildman–Crippen MR) is 96.3 cm³/mol. The van der Waals surface area contributed by atoms with E-state index in [0.717, 1.165) is 25.3 Å². The van der Waals surface area contributed by atoms with Gasteiger partial charge in [0, 0.05) is 16.5 Å². The summed E-state index contributed by atoms with van der Waals surface area (Å²) in [7, 11) is 2.44. The average Bonchev–Trinajstić information content (AvgIpc) is 2.81. The minimum atomic E-state index is -4.68. The Labute approximate surface area is 157 Å². The molecule has 3 aromatic rings. The lowest BCUT2D eigenvalue weighted by molar-refractivity contribution is -0.136. The highest BCUT2D eigenvalue weighted by molar-refractivity contribution is 6.00. The lowest BCUT2D eigenvalue weighted by atomic mass is 9.99. The van der Waals surface area contributed by atoms with Gasteiger partial charge in [0.1, 0.15) is 11.3 Å². The second kappa shape index (κ2) is 7.30. The van der Waals surface area contributed by atoms with Crippen LogP contribution in [0, 0.1) is 0 Å². The van der Waals surface area contributed by atoms with E-state index in [-0.39, 0.29) is 27.8 Å². The van der Waals surface area contributed by atoms with Crippen molar-refractivity contribution in [1.29, 1.82) is 0 Å². The fourth-order valence-electron chi connectivity index (χ4n) is 2.93. The van der Waals surface area contributed by atoms with Gasteiger partial charge < -0.3 is 9.47 Å². The first-order valence-corrected chi connectivity index (χ1v) is 8.05. The number of fused-ring (bicyclic) bond motifs is 1. The number of hydrogen-bond donors (Lipinski definition) is 0. The van der Waals surface area contributed by atoms with E-state index in [2.05, 4.69) is 9.72 Å². The van der Waals surface area contributed by atoms with E-state index in [0.29, 0.717) is 0 Å². The van der Waals surface area contributed by atoms with E-state index in [1.807, 2.05) is 0 Å². The molecule has 28 heavy (non-hydrogen) atoms. The molecule has 0 saturated heterocycles. The number of esters is 1. The summed E-state index contributed by atoms with van der Waals surface area (Å²) >= 11 is 0. The molecule has 0 atom stereocenters. The summed E-state index contributed by atoms with van der Waals surface area (Å²) < 4.78 is 50.5. The Bertz CT molecular complexity index is 1130. The summed E-state index contributed by atoms with van der Waals surface area (Å²) in [6.07, 6.45) is -4.68. The third kappa shape index (κ3) is 3.40. The number of methoxy groups -OCH3 is 2. The Hall–Kier alpha value is -3.42. The molecule has 0 fully saturated rings. The van der Waals surface area contributed by atoms with Gasteiger partial charge in [0.25, 0.3) is 5.56 Å². The Morgan fingerprint density at radius 3 is 2.36 bits per heavy atom. The molecule has 2 aromatic carbocycles. The molecular weight excluding hydrogens is 375 g/mol. The van der Waals surface area contributed by atoms with Crippen molar-refractivity contribution in [3.63, 3.8) is 0 Å². The van der Waals surface area contributed by atoms with Crippen LogP contribution in [0.15, 0.2) is 53.3 Å². The van der Waals surface area contributed by atoms with Crippen LogP contribution in [-0.2, 0) is 10.9 Å². The van der Waals surface area contributed by atoms with Gasteiger partial charge in [-0.2, -0.15) is 13.2 Å². The van der Waals surface area contributed by atoms with E-state index in [1.54, 1.807) is 18.2 Å². The zero-order valence-corrected chi connectivity index (χ0v) is 14.8. The number of rotatable bonds is 3. The highest BCUT2D eigenvalue weighted by Crippen LogP contribution is 2.37. The van der Waals surface area contributed by atoms with Crippen LogP contribution in [0.25, 0.3) is 22.0 Å². The maximum absolute atomic E-state index is 13.5. The topological polar surface area (TPSA) is 65.5 Å². The molecule has 0 saturated carbocycles. The zero-order chi connectivity index (χ0) is 20.5. The van der Waals surface area contributed by atoms with Crippen LogP contribution < -0.4 is 10.3 Å². The maximum Gasteiger partial charge on any atom is 0.417 e. The van der Waals surface area contributed by atoms with Gasteiger partial charge in [-0.15, -0.1) is 0 Å². The van der Waals surface area contributed by atoms with Crippen molar-refractivity contribution in [3.05, 3.63) is 70.0 Å². The molecule has 0 amide bonds. The summed E-state index contributed by atoms with van der Waals surface area (Å²) in [6, 6.07) is 10.8. The number of carbonyl (C=O) groups excluding carboxylic acids is 1. The van der Waals surface area contributed by atoms with Crippen LogP contribution in [0.3, 0.4) is 0 Å². The summed E-state index contributed by atoms with van der Waals surface area (Å²) in [5.74, 6) is -0.733. The van der Waals surface area contributed by atoms with Crippen LogP contribution >= 0.6 is 0 Å². The number of para-hydroxylation sites is 1. The normalized spacial score (nSPS) is 11.3. The number of aromatic nitrogens is 1. The van der Waals surface area contributed by atoms with Gasteiger partial charge in [0.05, 0.1) is 25.3 Å². The molecule has 1 aromatic heterocycles. The smallest absolute Gasteiger partial charge is 0.417 e. The van der Waals surface area contributed by atoms with E-state index < -0.39 is 28.8 Å². The highest BCUT2D eigenvalue weighted by atomic mass is 19.4. The van der Waals surface area contributed by atoms with Crippen molar-refractivity contribution >= 4 is 16.9 Å². The Morgan fingerprint density at radius 2 is 1.71 bits per heavy atom. The first-order valence-electron chi connectivity index (χ1n) is 8.05. The van der Waals surface area contributed by atoms with Crippen molar-refractivity contribution in [3.8, 4) is 16.9 Å². The summed E-state index contributed by atoms with van der Waals surface area (Å²) in [5.41, 5.74) is -2.43. The lowest BCUT2D eigenvalue weighted by Gasteiger charge is -2.11. The van der Waals surface area contributed by atoms with Gasteiger partial charge in [-0.25, -0.2) is 9.78 Å². The molecule has 1 heterocycles. The fourth-order valence-corrected chi connectivity index (χ4v) is 2.93. The predicted octanol–water partition coefficient (Wildman–Crippen LogP) is 4.08. The van der Waals surface area contributed by atoms with E-state index in [9.17, 15) is 22.8 Å². The fraction of sp³-hybridized carbons (Fsp3) is 0.150. The molecular formula is C20H14F3NO4. The molecule has 0 aliphatic rings. The molecule has 3 rings (SSSR count). The molecule has 0 unspecified atom stereocenters. The first-order chi connectivity index (χ1) is 13.3. The number of carbonyl (C=O) groups is 1. The van der Waals surface area contributed by atoms with Crippen LogP contribution in [0.1, 0.15) is 15.9 Å². The van der Waals surface area contributed by atoms with Crippen molar-refractivity contribution in [2.24, 2.45) is 0 Å². The Kier molecular flexibility index (Phi) is 5.04. The average molecular weight is 389 g/mol. The standard InChI is InChI=1S/C20H14F3NO4/c1-27-16-9-4-3-6-11(16)12-10-13-14(20(21,22)23)7-5-8-15(13)24-18(25)17(12)19(26)28-2/h3-10H,1-2H3. The molecule has 144 valence electrons. The van der Waals surface area contributed by atoms with Crippen LogP contribution in [0.4, 0.5) is 13.2 Å². The van der Waals surface area contributed by atoms with Crippen molar-refractivity contribution in [2.75, 3.05) is 14.2 Å². The van der Waals surface area contributed by atoms with Crippen molar-refractivity contribution in [2.45, 2.75) is 6.18 Å². The quantitative estimate of drug-likeness (QED) is 0.632. The number of hydrogen-bond acceptors (Lipinski definition) is 5. The van der Waals surface area contributed by atoms with Gasteiger partial charge in [0.2, 0.25) is 0 Å². The van der Waals surface area contributed by atoms with Gasteiger partial charge in [-0.3, -0.25) is 4.79 Å². The van der Waals surface area contributed by atoms with Gasteiger partial charge in [-0.1, -0.05) is 24.3 Å². The van der Waals surface area contributed by atoms with E-state index >= 15 is 0 Å². The first kappa shape index (κ1) is 19.3. The maximum atomic E-state index is 13.5. The van der Waals surface area contributed by atoms with Crippen LogP contribution in [0.5, 0.6) is 5.75 Å². The van der Waals surface area contributed by atoms with Crippen molar-refractivity contribution in [1.82, 2.24) is 4.98 Å². The highest BCUT2D eigenvalue weighted by Gasteiger charge is 2.33. The van der Waals surface area contributed by atoms with Crippen molar-refractivity contribution < 1.29 is 27.4 Å². The van der Waals surface area contributed by atoms with Gasteiger partial charge in [0.15, 0.2) is 0 Å². The SMILES string of the molecule is COC(=O)c1c(-c2ccccc2OC)cc2c(C(F)(F)F)cccc2nc1=O. The van der Waals surface area contributed by atoms with Crippen LogP contribution in [-0.4, -0.2) is 25.2 Å².